The molecule has 0 fully saturated rings. The molecule has 2 nitrogen and oxygen atoms in total. The first-order valence-corrected chi connectivity index (χ1v) is 2.31. The molecule has 0 spiro atoms. The monoisotopic (exact) mass is 100 g/mol. The van der Waals surface area contributed by atoms with E-state index in [1.54, 1.807) is 0 Å². The molecule has 1 unspecified atom stereocenters. The van der Waals surface area contributed by atoms with Gasteiger partial charge >= 0.3 is 0 Å². The predicted molar refractivity (Wildman–Crippen MR) is 25.4 cm³/mol. The topological polar surface area (TPSA) is 18.5 Å². The third-order valence-electron chi connectivity index (χ3n) is 0.801. The van der Waals surface area contributed by atoms with E-state index in [1.165, 1.54) is 0 Å². The Bertz CT molecular complexity index is 96.3. The summed E-state index contributed by atoms with van der Waals surface area (Å²) < 4.78 is 0. The molecule has 2 heteroatoms. The van der Waals surface area contributed by atoms with E-state index in [4.69, 9.17) is 0 Å². The molecule has 1 aliphatic heterocycles. The van der Waals surface area contributed by atoms with E-state index in [2.05, 4.69) is 9.78 Å². The van der Waals surface area contributed by atoms with Gasteiger partial charge in [-0.15, -0.1) is 0 Å². The highest BCUT2D eigenvalue weighted by Crippen LogP contribution is 2.10. The molecule has 0 bridgehead atoms. The smallest absolute Gasteiger partial charge is 0.138 e. The Hall–Kier alpha value is -0.500. The van der Waals surface area contributed by atoms with Gasteiger partial charge in [0, 0.05) is 0 Å². The van der Waals surface area contributed by atoms with Gasteiger partial charge in [-0.1, -0.05) is 0 Å². The zero-order valence-corrected chi connectivity index (χ0v) is 4.47. The maximum absolute atomic E-state index is 4.67. The van der Waals surface area contributed by atoms with Crippen LogP contribution in [0.1, 0.15) is 13.8 Å². The van der Waals surface area contributed by atoms with Gasteiger partial charge in [-0.05, 0) is 19.9 Å². The van der Waals surface area contributed by atoms with Crippen LogP contribution in [0, 0.1) is 0 Å². The SMILES string of the molecule is CC1=CC(C)OO1. The summed E-state index contributed by atoms with van der Waals surface area (Å²) in [5, 5.41) is 0. The third-order valence-corrected chi connectivity index (χ3v) is 0.801. The van der Waals surface area contributed by atoms with E-state index in [0.717, 1.165) is 5.76 Å². The molecule has 1 heterocycles. The molecule has 0 saturated heterocycles. The van der Waals surface area contributed by atoms with Crippen LogP contribution >= 0.6 is 0 Å². The molecule has 0 amide bonds. The maximum atomic E-state index is 4.67. The second kappa shape index (κ2) is 1.54. The van der Waals surface area contributed by atoms with Gasteiger partial charge in [-0.25, -0.2) is 0 Å². The largest absolute Gasteiger partial charge is 0.342 e. The van der Waals surface area contributed by atoms with Crippen LogP contribution in [0.2, 0.25) is 0 Å². The van der Waals surface area contributed by atoms with Crippen LogP contribution in [-0.2, 0) is 9.78 Å². The molecule has 1 aliphatic rings. The van der Waals surface area contributed by atoms with E-state index in [0.29, 0.717) is 0 Å². The minimum atomic E-state index is 0.139. The van der Waals surface area contributed by atoms with Crippen LogP contribution in [0.5, 0.6) is 0 Å². The molecule has 1 atom stereocenters. The van der Waals surface area contributed by atoms with Crippen LogP contribution in [0.4, 0.5) is 0 Å². The first-order valence-electron chi connectivity index (χ1n) is 2.31. The fraction of sp³-hybridized carbons (Fsp3) is 0.600. The van der Waals surface area contributed by atoms with E-state index >= 15 is 0 Å². The van der Waals surface area contributed by atoms with Crippen LogP contribution in [0.3, 0.4) is 0 Å². The van der Waals surface area contributed by atoms with E-state index in [-0.39, 0.29) is 6.10 Å². The van der Waals surface area contributed by atoms with Gasteiger partial charge in [0.15, 0.2) is 0 Å². The predicted octanol–water partition coefficient (Wildman–Crippen LogP) is 1.24. The molecular formula is C5H8O2. The normalized spacial score (nSPS) is 29.4. The minimum absolute atomic E-state index is 0.139. The van der Waals surface area contributed by atoms with Crippen LogP contribution in [0.25, 0.3) is 0 Å². The molecule has 40 valence electrons. The van der Waals surface area contributed by atoms with Gasteiger partial charge in [-0.3, -0.25) is 0 Å². The van der Waals surface area contributed by atoms with Gasteiger partial charge in [0.25, 0.3) is 0 Å². The lowest BCUT2D eigenvalue weighted by atomic mass is 10.4. The van der Waals surface area contributed by atoms with Crippen molar-refractivity contribution < 1.29 is 9.78 Å². The van der Waals surface area contributed by atoms with E-state index < -0.39 is 0 Å². The van der Waals surface area contributed by atoms with E-state index in [9.17, 15) is 0 Å². The van der Waals surface area contributed by atoms with Crippen molar-refractivity contribution in [3.05, 3.63) is 11.8 Å². The van der Waals surface area contributed by atoms with Crippen molar-refractivity contribution in [2.45, 2.75) is 20.0 Å². The zero-order valence-electron chi connectivity index (χ0n) is 4.47. The molecule has 0 aliphatic carbocycles. The van der Waals surface area contributed by atoms with Crippen molar-refractivity contribution in [1.82, 2.24) is 0 Å². The molecule has 0 aromatic heterocycles. The fourth-order valence-electron chi connectivity index (χ4n) is 0.538. The fourth-order valence-corrected chi connectivity index (χ4v) is 0.538. The average molecular weight is 100 g/mol. The molecule has 0 aromatic rings. The summed E-state index contributed by atoms with van der Waals surface area (Å²) in [5.41, 5.74) is 0. The minimum Gasteiger partial charge on any atom is -0.342 e. The van der Waals surface area contributed by atoms with Crippen LogP contribution in [-0.4, -0.2) is 6.10 Å². The lowest BCUT2D eigenvalue weighted by molar-refractivity contribution is -0.258. The molecular weight excluding hydrogens is 92.1 g/mol. The summed E-state index contributed by atoms with van der Waals surface area (Å²) in [6.45, 7) is 3.79. The Balaban J connectivity index is 2.50. The summed E-state index contributed by atoms with van der Waals surface area (Å²) in [5.74, 6) is 0.854. The number of hydrogen-bond donors (Lipinski definition) is 0. The molecule has 1 rings (SSSR count). The Labute approximate surface area is 42.7 Å². The molecule has 0 radical (unpaired) electrons. The van der Waals surface area contributed by atoms with Gasteiger partial charge in [0.05, 0.1) is 0 Å². The van der Waals surface area contributed by atoms with Crippen molar-refractivity contribution in [2.24, 2.45) is 0 Å². The quantitative estimate of drug-likeness (QED) is 0.426. The van der Waals surface area contributed by atoms with Gasteiger partial charge < -0.3 is 4.89 Å². The standard InChI is InChI=1S/C5H8O2/c1-4-3-5(2)7-6-4/h3-4H,1-2H3. The average Bonchev–Trinajstić information content (AvgIpc) is 1.87. The Kier molecular flexibility index (Phi) is 1.02. The first-order chi connectivity index (χ1) is 3.29. The highest BCUT2D eigenvalue weighted by molar-refractivity contribution is 4.94. The van der Waals surface area contributed by atoms with E-state index in [1.807, 2.05) is 19.9 Å². The second-order valence-electron chi connectivity index (χ2n) is 1.66. The summed E-state index contributed by atoms with van der Waals surface area (Å²) in [6.07, 6.45) is 2.06. The van der Waals surface area contributed by atoms with Crippen molar-refractivity contribution >= 4 is 0 Å². The third kappa shape index (κ3) is 0.933. The highest BCUT2D eigenvalue weighted by Gasteiger charge is 2.08. The van der Waals surface area contributed by atoms with Gasteiger partial charge in [-0.2, -0.15) is 4.89 Å². The summed E-state index contributed by atoms with van der Waals surface area (Å²) in [6, 6.07) is 0. The first kappa shape index (κ1) is 4.65. The Morgan fingerprint density at radius 3 is 2.57 bits per heavy atom. The lowest BCUT2D eigenvalue weighted by Gasteiger charge is -1.93. The highest BCUT2D eigenvalue weighted by atomic mass is 17.2. The number of hydrogen-bond acceptors (Lipinski definition) is 2. The maximum Gasteiger partial charge on any atom is 0.138 e. The van der Waals surface area contributed by atoms with Crippen LogP contribution in [0.15, 0.2) is 11.8 Å². The molecule has 0 saturated carbocycles. The van der Waals surface area contributed by atoms with Crippen molar-refractivity contribution in [3.8, 4) is 0 Å². The molecule has 0 N–H and O–H groups in total. The lowest BCUT2D eigenvalue weighted by Crippen LogP contribution is -1.93. The van der Waals surface area contributed by atoms with Crippen molar-refractivity contribution in [3.63, 3.8) is 0 Å². The Morgan fingerprint density at radius 2 is 2.43 bits per heavy atom. The number of allylic oxidation sites excluding steroid dienone is 1. The van der Waals surface area contributed by atoms with Gasteiger partial charge in [0.2, 0.25) is 0 Å². The number of rotatable bonds is 0. The molecule has 0 aromatic carbocycles. The van der Waals surface area contributed by atoms with Crippen LogP contribution < -0.4 is 0 Å². The summed E-state index contributed by atoms with van der Waals surface area (Å²) in [4.78, 5) is 9.30. The summed E-state index contributed by atoms with van der Waals surface area (Å²) in [7, 11) is 0. The van der Waals surface area contributed by atoms with Gasteiger partial charge in [0.1, 0.15) is 11.9 Å². The Morgan fingerprint density at radius 1 is 1.71 bits per heavy atom. The molecule has 7 heavy (non-hydrogen) atoms. The van der Waals surface area contributed by atoms with Crippen molar-refractivity contribution in [2.75, 3.05) is 0 Å². The zero-order chi connectivity index (χ0) is 5.28. The second-order valence-corrected chi connectivity index (χ2v) is 1.66. The van der Waals surface area contributed by atoms with Crippen molar-refractivity contribution in [1.29, 1.82) is 0 Å². The summed E-state index contributed by atoms with van der Waals surface area (Å²) >= 11 is 0.